The van der Waals surface area contributed by atoms with Gasteiger partial charge in [-0.1, -0.05) is 18.2 Å². The molecule has 27 heavy (non-hydrogen) atoms. The smallest absolute Gasteiger partial charge is 0.239 e. The molecule has 2 aromatic rings. The molecule has 0 aliphatic heterocycles. The van der Waals surface area contributed by atoms with E-state index in [9.17, 15) is 18.8 Å². The lowest BCUT2D eigenvalue weighted by molar-refractivity contribution is -0.125. The van der Waals surface area contributed by atoms with Crippen molar-refractivity contribution in [2.75, 3.05) is 18.4 Å². The SMILES string of the molecule is Cc1cccc(NC(=O)CCNC(=O)CNC(=O)Cc2cccc(F)c2)n1. The van der Waals surface area contributed by atoms with Gasteiger partial charge in [-0.25, -0.2) is 9.37 Å². The fraction of sp³-hybridized carbons (Fsp3) is 0.263. The second kappa shape index (κ2) is 10.0. The van der Waals surface area contributed by atoms with Gasteiger partial charge in [0.2, 0.25) is 17.7 Å². The molecule has 0 bridgehead atoms. The maximum Gasteiger partial charge on any atom is 0.239 e. The Balaban J connectivity index is 1.63. The predicted molar refractivity (Wildman–Crippen MR) is 98.3 cm³/mol. The molecule has 0 atom stereocenters. The maximum absolute atomic E-state index is 13.1. The van der Waals surface area contributed by atoms with E-state index in [4.69, 9.17) is 0 Å². The number of benzene rings is 1. The number of anilines is 1. The molecule has 3 amide bonds. The van der Waals surface area contributed by atoms with Crippen LogP contribution in [0.25, 0.3) is 0 Å². The van der Waals surface area contributed by atoms with Crippen molar-refractivity contribution >= 4 is 23.5 Å². The molecule has 7 nitrogen and oxygen atoms in total. The zero-order valence-electron chi connectivity index (χ0n) is 14.9. The monoisotopic (exact) mass is 372 g/mol. The predicted octanol–water partition coefficient (Wildman–Crippen LogP) is 1.33. The second-order valence-corrected chi connectivity index (χ2v) is 5.90. The number of rotatable bonds is 8. The largest absolute Gasteiger partial charge is 0.354 e. The van der Waals surface area contributed by atoms with Gasteiger partial charge in [-0.05, 0) is 36.8 Å². The number of nitrogens with zero attached hydrogens (tertiary/aromatic N) is 1. The average molecular weight is 372 g/mol. The van der Waals surface area contributed by atoms with E-state index in [1.807, 2.05) is 13.0 Å². The summed E-state index contributed by atoms with van der Waals surface area (Å²) < 4.78 is 13.1. The minimum absolute atomic E-state index is 0.0169. The molecular weight excluding hydrogens is 351 g/mol. The van der Waals surface area contributed by atoms with Crippen molar-refractivity contribution in [3.63, 3.8) is 0 Å². The number of aromatic nitrogens is 1. The molecule has 0 unspecified atom stereocenters. The summed E-state index contributed by atoms with van der Waals surface area (Å²) >= 11 is 0. The van der Waals surface area contributed by atoms with Crippen LogP contribution in [0.5, 0.6) is 0 Å². The van der Waals surface area contributed by atoms with E-state index in [1.54, 1.807) is 18.2 Å². The first-order valence-electron chi connectivity index (χ1n) is 8.44. The maximum atomic E-state index is 13.1. The van der Waals surface area contributed by atoms with Crippen LogP contribution in [0.15, 0.2) is 42.5 Å². The third-order valence-corrected chi connectivity index (χ3v) is 3.53. The van der Waals surface area contributed by atoms with E-state index >= 15 is 0 Å². The summed E-state index contributed by atoms with van der Waals surface area (Å²) in [5.74, 6) is -1.04. The molecule has 0 saturated heterocycles. The van der Waals surface area contributed by atoms with Crippen LogP contribution in [0.1, 0.15) is 17.7 Å². The summed E-state index contributed by atoms with van der Waals surface area (Å²) in [6, 6.07) is 11.0. The van der Waals surface area contributed by atoms with E-state index in [0.29, 0.717) is 11.4 Å². The van der Waals surface area contributed by atoms with Gasteiger partial charge in [0.05, 0.1) is 13.0 Å². The summed E-state index contributed by atoms with van der Waals surface area (Å²) in [6.45, 7) is 1.74. The van der Waals surface area contributed by atoms with Gasteiger partial charge in [0.25, 0.3) is 0 Å². The Bertz CT molecular complexity index is 826. The summed E-state index contributed by atoms with van der Waals surface area (Å²) in [5, 5.41) is 7.63. The molecule has 0 radical (unpaired) electrons. The fourth-order valence-electron chi connectivity index (χ4n) is 2.27. The summed E-state index contributed by atoms with van der Waals surface area (Å²) in [7, 11) is 0. The molecule has 0 spiro atoms. The molecule has 1 heterocycles. The first-order chi connectivity index (χ1) is 12.9. The number of amides is 3. The Morgan fingerprint density at radius 1 is 1.00 bits per heavy atom. The highest BCUT2D eigenvalue weighted by Crippen LogP contribution is 2.04. The van der Waals surface area contributed by atoms with Gasteiger partial charge >= 0.3 is 0 Å². The Hall–Kier alpha value is -3.29. The number of nitrogens with one attached hydrogen (secondary N) is 3. The molecule has 0 aliphatic rings. The van der Waals surface area contributed by atoms with Gasteiger partial charge in [0.15, 0.2) is 0 Å². The molecule has 0 fully saturated rings. The lowest BCUT2D eigenvalue weighted by Gasteiger charge is -2.08. The zero-order valence-corrected chi connectivity index (χ0v) is 14.9. The van der Waals surface area contributed by atoms with Crippen molar-refractivity contribution in [3.8, 4) is 0 Å². The van der Waals surface area contributed by atoms with Crippen molar-refractivity contribution in [1.82, 2.24) is 15.6 Å². The van der Waals surface area contributed by atoms with E-state index in [1.165, 1.54) is 18.2 Å². The number of pyridine rings is 1. The van der Waals surface area contributed by atoms with Crippen LogP contribution in [-0.4, -0.2) is 35.8 Å². The lowest BCUT2D eigenvalue weighted by atomic mass is 10.1. The van der Waals surface area contributed by atoms with E-state index in [-0.39, 0.29) is 37.7 Å². The number of hydrogen-bond donors (Lipinski definition) is 3. The van der Waals surface area contributed by atoms with Crippen molar-refractivity contribution in [2.24, 2.45) is 0 Å². The highest BCUT2D eigenvalue weighted by atomic mass is 19.1. The van der Waals surface area contributed by atoms with Gasteiger partial charge in [0, 0.05) is 18.7 Å². The minimum atomic E-state index is -0.419. The molecule has 0 aliphatic carbocycles. The summed E-state index contributed by atoms with van der Waals surface area (Å²) in [6.07, 6.45) is 0.0650. The average Bonchev–Trinajstić information content (AvgIpc) is 2.60. The van der Waals surface area contributed by atoms with Crippen LogP contribution < -0.4 is 16.0 Å². The van der Waals surface area contributed by atoms with Gasteiger partial charge in [-0.15, -0.1) is 0 Å². The first-order valence-corrected chi connectivity index (χ1v) is 8.44. The number of halogens is 1. The van der Waals surface area contributed by atoms with Gasteiger partial charge in [0.1, 0.15) is 11.6 Å². The van der Waals surface area contributed by atoms with E-state index in [2.05, 4.69) is 20.9 Å². The molecule has 0 saturated carbocycles. The number of aryl methyl sites for hydroxylation is 1. The quantitative estimate of drug-likeness (QED) is 0.651. The first kappa shape index (κ1) is 20.0. The molecule has 3 N–H and O–H groups in total. The van der Waals surface area contributed by atoms with Crippen LogP contribution in [0.4, 0.5) is 10.2 Å². The zero-order chi connectivity index (χ0) is 19.6. The molecule has 8 heteroatoms. The van der Waals surface area contributed by atoms with Crippen molar-refractivity contribution in [3.05, 3.63) is 59.5 Å². The Kier molecular flexibility index (Phi) is 7.42. The van der Waals surface area contributed by atoms with E-state index < -0.39 is 11.7 Å². The number of carbonyl (C=O) groups is 3. The van der Waals surface area contributed by atoms with Crippen LogP contribution in [-0.2, 0) is 20.8 Å². The topological polar surface area (TPSA) is 100 Å². The van der Waals surface area contributed by atoms with Crippen molar-refractivity contribution in [2.45, 2.75) is 19.8 Å². The number of carbonyl (C=O) groups excluding carboxylic acids is 3. The Labute approximate surface area is 156 Å². The highest BCUT2D eigenvalue weighted by molar-refractivity contribution is 5.90. The second-order valence-electron chi connectivity index (χ2n) is 5.90. The van der Waals surface area contributed by atoms with E-state index in [0.717, 1.165) is 5.69 Å². The Morgan fingerprint density at radius 2 is 1.78 bits per heavy atom. The summed E-state index contributed by atoms with van der Waals surface area (Å²) in [5.41, 5.74) is 1.31. The third-order valence-electron chi connectivity index (χ3n) is 3.53. The van der Waals surface area contributed by atoms with Gasteiger partial charge in [-0.2, -0.15) is 0 Å². The standard InChI is InChI=1S/C19H21FN4O3/c1-13-4-2-7-16(23-13)24-17(25)8-9-21-19(27)12-22-18(26)11-14-5-3-6-15(20)10-14/h2-7,10H,8-9,11-12H2,1H3,(H,21,27)(H,22,26)(H,23,24,25). The van der Waals surface area contributed by atoms with Crippen molar-refractivity contribution < 1.29 is 18.8 Å². The summed E-state index contributed by atoms with van der Waals surface area (Å²) in [4.78, 5) is 39.4. The molecule has 1 aromatic heterocycles. The molecule has 142 valence electrons. The lowest BCUT2D eigenvalue weighted by Crippen LogP contribution is -2.38. The third kappa shape index (κ3) is 7.64. The van der Waals surface area contributed by atoms with Crippen LogP contribution in [0.3, 0.4) is 0 Å². The van der Waals surface area contributed by atoms with Crippen LogP contribution in [0, 0.1) is 12.7 Å². The normalized spacial score (nSPS) is 10.1. The van der Waals surface area contributed by atoms with Gasteiger partial charge < -0.3 is 16.0 Å². The molecule has 2 rings (SSSR count). The fourth-order valence-corrected chi connectivity index (χ4v) is 2.27. The van der Waals surface area contributed by atoms with Gasteiger partial charge in [-0.3, -0.25) is 14.4 Å². The van der Waals surface area contributed by atoms with Crippen molar-refractivity contribution in [1.29, 1.82) is 0 Å². The van der Waals surface area contributed by atoms with Crippen LogP contribution in [0.2, 0.25) is 0 Å². The molecular formula is C19H21FN4O3. The highest BCUT2D eigenvalue weighted by Gasteiger charge is 2.08. The van der Waals surface area contributed by atoms with Crippen LogP contribution >= 0.6 is 0 Å². The Morgan fingerprint density at radius 3 is 2.52 bits per heavy atom. The number of hydrogen-bond acceptors (Lipinski definition) is 4. The minimum Gasteiger partial charge on any atom is -0.354 e. The molecule has 1 aromatic carbocycles.